The summed E-state index contributed by atoms with van der Waals surface area (Å²) >= 11 is 0. The van der Waals surface area contributed by atoms with E-state index >= 15 is 0 Å². The molecule has 5 heteroatoms. The molecule has 0 spiro atoms. The van der Waals surface area contributed by atoms with E-state index in [0.29, 0.717) is 12.1 Å². The Hall–Kier alpha value is -3.65. The second-order valence-corrected chi connectivity index (χ2v) is 7.27. The molecular formula is C24H23N5. The highest BCUT2D eigenvalue weighted by atomic mass is 15.1. The van der Waals surface area contributed by atoms with Crippen LogP contribution in [0.2, 0.25) is 0 Å². The first-order valence-electron chi connectivity index (χ1n) is 9.73. The van der Waals surface area contributed by atoms with Crippen molar-refractivity contribution in [3.05, 3.63) is 89.1 Å². The Morgan fingerprint density at radius 1 is 1.10 bits per heavy atom. The van der Waals surface area contributed by atoms with Crippen LogP contribution < -0.4 is 5.32 Å². The molecule has 1 N–H and O–H groups in total. The molecule has 0 aliphatic heterocycles. The molecule has 0 fully saturated rings. The van der Waals surface area contributed by atoms with Crippen LogP contribution in [0.3, 0.4) is 0 Å². The second kappa shape index (κ2) is 8.15. The smallest absolute Gasteiger partial charge is 0.110 e. The zero-order valence-corrected chi connectivity index (χ0v) is 16.7. The highest BCUT2D eigenvalue weighted by Gasteiger charge is 2.11. The molecule has 29 heavy (non-hydrogen) atoms. The van der Waals surface area contributed by atoms with E-state index in [9.17, 15) is 5.26 Å². The Morgan fingerprint density at radius 3 is 2.72 bits per heavy atom. The molecule has 0 bridgehead atoms. The molecule has 5 nitrogen and oxygen atoms in total. The average Bonchev–Trinajstić information content (AvgIpc) is 3.15. The van der Waals surface area contributed by atoms with Crippen LogP contribution in [0.25, 0.3) is 10.9 Å². The molecule has 0 amide bonds. The molecule has 0 aliphatic rings. The number of rotatable bonds is 6. The van der Waals surface area contributed by atoms with Gasteiger partial charge in [-0.25, -0.2) is 4.98 Å². The Balaban J connectivity index is 1.54. The van der Waals surface area contributed by atoms with E-state index in [2.05, 4.69) is 76.2 Å². The molecule has 0 aliphatic carbocycles. The minimum atomic E-state index is 0.565. The SMILES string of the molecule is Cc1cc(C)c2ncc(C#N)c(NCCc3nccn3Cc3ccccc3)c2c1. The third kappa shape index (κ3) is 3.97. The van der Waals surface area contributed by atoms with Gasteiger partial charge in [0.2, 0.25) is 0 Å². The summed E-state index contributed by atoms with van der Waals surface area (Å²) in [6, 6.07) is 16.8. The molecule has 0 saturated heterocycles. The molecule has 0 radical (unpaired) electrons. The van der Waals surface area contributed by atoms with Crippen molar-refractivity contribution in [2.45, 2.75) is 26.8 Å². The molecule has 0 unspecified atom stereocenters. The predicted molar refractivity (Wildman–Crippen MR) is 116 cm³/mol. The summed E-state index contributed by atoms with van der Waals surface area (Å²) < 4.78 is 2.17. The van der Waals surface area contributed by atoms with Crippen molar-refractivity contribution in [3.8, 4) is 6.07 Å². The van der Waals surface area contributed by atoms with E-state index in [4.69, 9.17) is 0 Å². The van der Waals surface area contributed by atoms with Crippen LogP contribution in [0.1, 0.15) is 28.1 Å². The fourth-order valence-electron chi connectivity index (χ4n) is 3.73. The fourth-order valence-corrected chi connectivity index (χ4v) is 3.73. The first-order valence-corrected chi connectivity index (χ1v) is 9.73. The van der Waals surface area contributed by atoms with E-state index in [1.807, 2.05) is 18.5 Å². The Labute approximate surface area is 170 Å². The maximum atomic E-state index is 9.56. The second-order valence-electron chi connectivity index (χ2n) is 7.27. The minimum Gasteiger partial charge on any atom is -0.383 e. The lowest BCUT2D eigenvalue weighted by Crippen LogP contribution is -2.12. The molecule has 4 rings (SSSR count). The highest BCUT2D eigenvalue weighted by Crippen LogP contribution is 2.28. The van der Waals surface area contributed by atoms with Gasteiger partial charge in [-0.3, -0.25) is 4.98 Å². The van der Waals surface area contributed by atoms with E-state index < -0.39 is 0 Å². The summed E-state index contributed by atoms with van der Waals surface area (Å²) in [5.41, 5.74) is 5.88. The summed E-state index contributed by atoms with van der Waals surface area (Å²) in [5.74, 6) is 1.02. The van der Waals surface area contributed by atoms with Gasteiger partial charge in [0.1, 0.15) is 11.9 Å². The lowest BCUT2D eigenvalue weighted by Gasteiger charge is -2.14. The number of nitrogens with one attached hydrogen (secondary N) is 1. The van der Waals surface area contributed by atoms with Gasteiger partial charge in [0.25, 0.3) is 0 Å². The van der Waals surface area contributed by atoms with Crippen molar-refractivity contribution < 1.29 is 0 Å². The van der Waals surface area contributed by atoms with Crippen molar-refractivity contribution in [2.24, 2.45) is 0 Å². The van der Waals surface area contributed by atoms with Crippen molar-refractivity contribution >= 4 is 16.6 Å². The first kappa shape index (κ1) is 18.7. The van der Waals surface area contributed by atoms with Crippen molar-refractivity contribution in [1.82, 2.24) is 14.5 Å². The number of aryl methyl sites for hydroxylation is 2. The highest BCUT2D eigenvalue weighted by molar-refractivity contribution is 5.96. The maximum Gasteiger partial charge on any atom is 0.110 e. The standard InChI is InChI=1S/C24H23N5/c1-17-12-18(2)23-21(13-17)24(20(14-25)15-28-23)27-9-8-22-26-10-11-29(22)16-19-6-4-3-5-7-19/h3-7,10-13,15H,8-9,16H2,1-2H3,(H,27,28). The fraction of sp³-hybridized carbons (Fsp3) is 0.208. The molecule has 4 aromatic rings. The van der Waals surface area contributed by atoms with E-state index in [1.165, 1.54) is 5.56 Å². The van der Waals surface area contributed by atoms with Gasteiger partial charge >= 0.3 is 0 Å². The molecule has 2 aromatic carbocycles. The van der Waals surface area contributed by atoms with Crippen LogP contribution in [-0.2, 0) is 13.0 Å². The summed E-state index contributed by atoms with van der Waals surface area (Å²) in [4.78, 5) is 9.02. The van der Waals surface area contributed by atoms with Gasteiger partial charge in [-0.05, 0) is 31.0 Å². The minimum absolute atomic E-state index is 0.565. The topological polar surface area (TPSA) is 66.5 Å². The largest absolute Gasteiger partial charge is 0.383 e. The van der Waals surface area contributed by atoms with Gasteiger partial charge in [-0.1, -0.05) is 42.0 Å². The summed E-state index contributed by atoms with van der Waals surface area (Å²) in [6.45, 7) is 5.61. The number of benzene rings is 2. The summed E-state index contributed by atoms with van der Waals surface area (Å²) in [6.07, 6.45) is 6.27. The summed E-state index contributed by atoms with van der Waals surface area (Å²) in [5, 5.41) is 14.0. The number of hydrogen-bond donors (Lipinski definition) is 1. The number of anilines is 1. The lowest BCUT2D eigenvalue weighted by atomic mass is 10.0. The van der Waals surface area contributed by atoms with Gasteiger partial charge in [-0.15, -0.1) is 0 Å². The molecule has 0 atom stereocenters. The third-order valence-corrected chi connectivity index (χ3v) is 5.07. The average molecular weight is 381 g/mol. The lowest BCUT2D eigenvalue weighted by molar-refractivity contribution is 0.723. The number of pyridine rings is 1. The third-order valence-electron chi connectivity index (χ3n) is 5.07. The molecule has 2 heterocycles. The van der Waals surface area contributed by atoms with Crippen LogP contribution in [0.15, 0.2) is 61.1 Å². The Bertz CT molecular complexity index is 1190. The van der Waals surface area contributed by atoms with Gasteiger partial charge in [0, 0.05) is 43.5 Å². The monoisotopic (exact) mass is 381 g/mol. The molecule has 144 valence electrons. The molecule has 2 aromatic heterocycles. The van der Waals surface area contributed by atoms with Crippen LogP contribution in [0.5, 0.6) is 0 Å². The van der Waals surface area contributed by atoms with Crippen LogP contribution in [0.4, 0.5) is 5.69 Å². The Morgan fingerprint density at radius 2 is 1.93 bits per heavy atom. The quantitative estimate of drug-likeness (QED) is 0.529. The number of nitriles is 1. The van der Waals surface area contributed by atoms with E-state index in [1.54, 1.807) is 6.20 Å². The van der Waals surface area contributed by atoms with Crippen LogP contribution >= 0.6 is 0 Å². The van der Waals surface area contributed by atoms with Crippen molar-refractivity contribution in [2.75, 3.05) is 11.9 Å². The predicted octanol–water partition coefficient (Wildman–Crippen LogP) is 4.62. The zero-order valence-electron chi connectivity index (χ0n) is 16.7. The molecular weight excluding hydrogens is 358 g/mol. The normalized spacial score (nSPS) is 10.8. The first-order chi connectivity index (χ1) is 14.2. The molecule has 0 saturated carbocycles. The number of aromatic nitrogens is 3. The van der Waals surface area contributed by atoms with Crippen LogP contribution in [-0.4, -0.2) is 21.1 Å². The number of imidazole rings is 1. The van der Waals surface area contributed by atoms with Gasteiger partial charge in [-0.2, -0.15) is 5.26 Å². The maximum absolute atomic E-state index is 9.56. The van der Waals surface area contributed by atoms with Gasteiger partial charge in [0.05, 0.1) is 16.8 Å². The number of fused-ring (bicyclic) bond motifs is 1. The number of hydrogen-bond acceptors (Lipinski definition) is 4. The van der Waals surface area contributed by atoms with Gasteiger partial charge < -0.3 is 9.88 Å². The summed E-state index contributed by atoms with van der Waals surface area (Å²) in [7, 11) is 0. The van der Waals surface area contributed by atoms with Crippen molar-refractivity contribution in [3.63, 3.8) is 0 Å². The van der Waals surface area contributed by atoms with Crippen molar-refractivity contribution in [1.29, 1.82) is 5.26 Å². The van der Waals surface area contributed by atoms with E-state index in [-0.39, 0.29) is 0 Å². The van der Waals surface area contributed by atoms with Crippen LogP contribution in [0, 0.1) is 25.2 Å². The van der Waals surface area contributed by atoms with E-state index in [0.717, 1.165) is 46.5 Å². The zero-order chi connectivity index (χ0) is 20.2. The number of nitrogens with zero attached hydrogens (tertiary/aromatic N) is 4. The van der Waals surface area contributed by atoms with Gasteiger partial charge in [0.15, 0.2) is 0 Å². The Kier molecular flexibility index (Phi) is 5.26.